The van der Waals surface area contributed by atoms with Crippen LogP contribution in [0.5, 0.6) is 0 Å². The van der Waals surface area contributed by atoms with E-state index in [2.05, 4.69) is 228 Å². The van der Waals surface area contributed by atoms with Gasteiger partial charge in [-0.25, -0.2) is 0 Å². The second kappa shape index (κ2) is 13.2. The summed E-state index contributed by atoms with van der Waals surface area (Å²) >= 11 is 0. The summed E-state index contributed by atoms with van der Waals surface area (Å²) in [5.41, 5.74) is 11.6. The first-order valence-electron chi connectivity index (χ1n) is 19.3. The number of hydrogen-bond donors (Lipinski definition) is 0. The van der Waals surface area contributed by atoms with Crippen LogP contribution in [0.25, 0.3) is 82.1 Å². The number of para-hydroxylation sites is 2. The van der Waals surface area contributed by atoms with E-state index >= 15 is 0 Å². The maximum Gasteiger partial charge on any atom is 0.0562 e. The molecule has 0 saturated carbocycles. The summed E-state index contributed by atoms with van der Waals surface area (Å²) in [6.45, 7) is 0. The highest BCUT2D eigenvalue weighted by Crippen LogP contribution is 2.45. The molecule has 0 bridgehead atoms. The van der Waals surface area contributed by atoms with Gasteiger partial charge >= 0.3 is 0 Å². The van der Waals surface area contributed by atoms with Crippen molar-refractivity contribution in [3.05, 3.63) is 218 Å². The molecule has 10 aromatic carbocycles. The molecule has 1 heterocycles. The van der Waals surface area contributed by atoms with Crippen molar-refractivity contribution in [2.45, 2.75) is 0 Å². The highest BCUT2D eigenvalue weighted by Gasteiger charge is 2.21. The Hall–Kier alpha value is -7.42. The van der Waals surface area contributed by atoms with E-state index in [0.29, 0.717) is 0 Å². The van der Waals surface area contributed by atoms with Crippen molar-refractivity contribution >= 4 is 71.2 Å². The summed E-state index contributed by atoms with van der Waals surface area (Å²) in [6.07, 6.45) is 0. The molecule has 0 aliphatic heterocycles. The second-order valence-corrected chi connectivity index (χ2v) is 14.5. The van der Waals surface area contributed by atoms with Crippen molar-refractivity contribution in [1.82, 2.24) is 4.57 Å². The van der Waals surface area contributed by atoms with Crippen molar-refractivity contribution in [1.29, 1.82) is 0 Å². The summed E-state index contributed by atoms with van der Waals surface area (Å²) in [5.74, 6) is 0. The van der Waals surface area contributed by atoms with E-state index in [0.717, 1.165) is 22.7 Å². The molecule has 56 heavy (non-hydrogen) atoms. The molecule has 0 atom stereocenters. The summed E-state index contributed by atoms with van der Waals surface area (Å²) in [7, 11) is 0. The minimum Gasteiger partial charge on any atom is -0.310 e. The molecule has 11 aromatic rings. The Morgan fingerprint density at radius 3 is 1.70 bits per heavy atom. The minimum atomic E-state index is 1.10. The van der Waals surface area contributed by atoms with Crippen LogP contribution in [0.1, 0.15) is 0 Å². The van der Waals surface area contributed by atoms with E-state index in [1.807, 2.05) is 0 Å². The fourth-order valence-electron chi connectivity index (χ4n) is 8.74. The smallest absolute Gasteiger partial charge is 0.0562 e. The van der Waals surface area contributed by atoms with Crippen molar-refractivity contribution < 1.29 is 0 Å². The lowest BCUT2D eigenvalue weighted by atomic mass is 9.95. The molecular formula is C54H36N2. The van der Waals surface area contributed by atoms with Crippen LogP contribution in [0.4, 0.5) is 17.1 Å². The molecule has 262 valence electrons. The highest BCUT2D eigenvalue weighted by atomic mass is 15.1. The predicted molar refractivity (Wildman–Crippen MR) is 239 cm³/mol. The Kier molecular flexibility index (Phi) is 7.53. The van der Waals surface area contributed by atoms with Gasteiger partial charge in [-0.3, -0.25) is 0 Å². The number of anilines is 3. The summed E-state index contributed by atoms with van der Waals surface area (Å²) in [6, 6.07) is 79.4. The Morgan fingerprint density at radius 2 is 0.875 bits per heavy atom. The summed E-state index contributed by atoms with van der Waals surface area (Å²) in [4.78, 5) is 2.43. The zero-order valence-corrected chi connectivity index (χ0v) is 30.7. The molecular weight excluding hydrogens is 677 g/mol. The van der Waals surface area contributed by atoms with Gasteiger partial charge in [0.15, 0.2) is 0 Å². The van der Waals surface area contributed by atoms with E-state index in [4.69, 9.17) is 0 Å². The van der Waals surface area contributed by atoms with Gasteiger partial charge in [0, 0.05) is 27.8 Å². The van der Waals surface area contributed by atoms with E-state index < -0.39 is 0 Å². The number of rotatable bonds is 6. The Labute approximate surface area is 325 Å². The molecule has 0 amide bonds. The maximum absolute atomic E-state index is 2.43. The van der Waals surface area contributed by atoms with Crippen molar-refractivity contribution in [2.75, 3.05) is 4.90 Å². The molecule has 0 N–H and O–H groups in total. The number of benzene rings is 10. The topological polar surface area (TPSA) is 8.17 Å². The summed E-state index contributed by atoms with van der Waals surface area (Å²) in [5, 5.41) is 10.1. The molecule has 0 aliphatic carbocycles. The van der Waals surface area contributed by atoms with E-state index in [-0.39, 0.29) is 0 Å². The Morgan fingerprint density at radius 1 is 0.304 bits per heavy atom. The van der Waals surface area contributed by atoms with Crippen molar-refractivity contribution in [2.24, 2.45) is 0 Å². The number of fused-ring (bicyclic) bond motifs is 8. The average molecular weight is 713 g/mol. The van der Waals surface area contributed by atoms with Gasteiger partial charge in [0.05, 0.1) is 16.7 Å². The van der Waals surface area contributed by atoms with Gasteiger partial charge < -0.3 is 9.47 Å². The minimum absolute atomic E-state index is 1.10. The van der Waals surface area contributed by atoms with Gasteiger partial charge in [0.2, 0.25) is 0 Å². The molecule has 0 saturated heterocycles. The molecule has 0 fully saturated rings. The van der Waals surface area contributed by atoms with Gasteiger partial charge in [0.1, 0.15) is 0 Å². The Bertz CT molecular complexity index is 3230. The third-order valence-electron chi connectivity index (χ3n) is 11.3. The third kappa shape index (κ3) is 5.26. The quantitative estimate of drug-likeness (QED) is 0.156. The molecule has 2 heteroatoms. The molecule has 0 aliphatic rings. The fraction of sp³-hybridized carbons (Fsp3) is 0. The predicted octanol–water partition coefficient (Wildman–Crippen LogP) is 15.0. The van der Waals surface area contributed by atoms with Gasteiger partial charge in [-0.15, -0.1) is 0 Å². The molecule has 1 aromatic heterocycles. The van der Waals surface area contributed by atoms with Crippen LogP contribution < -0.4 is 4.90 Å². The Balaban J connectivity index is 1.07. The lowest BCUT2D eigenvalue weighted by Gasteiger charge is -2.27. The number of hydrogen-bond acceptors (Lipinski definition) is 1. The second-order valence-electron chi connectivity index (χ2n) is 14.5. The molecule has 0 unspecified atom stereocenters. The SMILES string of the molecule is c1ccc(-c2cccc(N(c3ccc(-c4ccc5c(ccc6c7ccccc7ccc56)c4)cc3)c3cccc4c3c3ccccc3n4-c3ccccc3)c2)cc1. The fourth-order valence-corrected chi connectivity index (χ4v) is 8.74. The largest absolute Gasteiger partial charge is 0.310 e. The lowest BCUT2D eigenvalue weighted by Crippen LogP contribution is -2.10. The monoisotopic (exact) mass is 712 g/mol. The normalized spacial score (nSPS) is 11.6. The molecule has 0 spiro atoms. The first-order valence-corrected chi connectivity index (χ1v) is 19.3. The van der Waals surface area contributed by atoms with Crippen molar-refractivity contribution in [3.63, 3.8) is 0 Å². The first kappa shape index (κ1) is 32.0. The third-order valence-corrected chi connectivity index (χ3v) is 11.3. The van der Waals surface area contributed by atoms with E-state index in [1.54, 1.807) is 0 Å². The van der Waals surface area contributed by atoms with Crippen LogP contribution in [0.3, 0.4) is 0 Å². The van der Waals surface area contributed by atoms with Crippen LogP contribution >= 0.6 is 0 Å². The standard InChI is InChI=1S/C54H36N2/c1-3-13-37(14-4-1)40-16-11-19-45(36-40)55(52-23-12-24-53-54(52)50-21-9-10-22-51(50)56(53)43-17-5-2-6-18-43)44-30-25-38(26-31-44)41-28-32-47-42(35-41)29-34-48-46-20-8-7-15-39(46)27-33-49(47)48/h1-36H. The van der Waals surface area contributed by atoms with Crippen LogP contribution in [-0.2, 0) is 0 Å². The van der Waals surface area contributed by atoms with Gasteiger partial charge in [-0.05, 0) is 115 Å². The zero-order chi connectivity index (χ0) is 37.0. The van der Waals surface area contributed by atoms with Gasteiger partial charge in [0.25, 0.3) is 0 Å². The van der Waals surface area contributed by atoms with Crippen LogP contribution in [0, 0.1) is 0 Å². The lowest BCUT2D eigenvalue weighted by molar-refractivity contribution is 1.18. The number of nitrogens with zero attached hydrogens (tertiary/aromatic N) is 2. The average Bonchev–Trinajstić information content (AvgIpc) is 3.62. The molecule has 2 nitrogen and oxygen atoms in total. The zero-order valence-electron chi connectivity index (χ0n) is 30.7. The van der Waals surface area contributed by atoms with Gasteiger partial charge in [-0.1, -0.05) is 158 Å². The maximum atomic E-state index is 2.43. The van der Waals surface area contributed by atoms with Gasteiger partial charge in [-0.2, -0.15) is 0 Å². The summed E-state index contributed by atoms with van der Waals surface area (Å²) < 4.78 is 2.39. The van der Waals surface area contributed by atoms with Crippen LogP contribution in [-0.4, -0.2) is 4.57 Å². The van der Waals surface area contributed by atoms with E-state index in [9.17, 15) is 0 Å². The number of aromatic nitrogens is 1. The van der Waals surface area contributed by atoms with Crippen LogP contribution in [0.15, 0.2) is 218 Å². The van der Waals surface area contributed by atoms with E-state index in [1.165, 1.54) is 76.4 Å². The first-order chi connectivity index (χ1) is 27.8. The van der Waals surface area contributed by atoms with Crippen molar-refractivity contribution in [3.8, 4) is 27.9 Å². The molecule has 0 radical (unpaired) electrons. The highest BCUT2D eigenvalue weighted by molar-refractivity contribution is 6.18. The van der Waals surface area contributed by atoms with Crippen LogP contribution in [0.2, 0.25) is 0 Å². The molecule has 11 rings (SSSR count).